The van der Waals surface area contributed by atoms with Gasteiger partial charge in [-0.15, -0.1) is 0 Å². The molecule has 0 radical (unpaired) electrons. The number of rotatable bonds is 8. The van der Waals surface area contributed by atoms with E-state index in [9.17, 15) is 0 Å². The fraction of sp³-hybridized carbons (Fsp3) is 1.00. The van der Waals surface area contributed by atoms with Crippen LogP contribution in [-0.2, 0) is 0 Å². The zero-order valence-electron chi connectivity index (χ0n) is 11.8. The Labute approximate surface area is 97.8 Å². The van der Waals surface area contributed by atoms with Crippen molar-refractivity contribution in [2.75, 3.05) is 0 Å². The largest absolute Gasteiger partial charge is 0.0654 e. The molecule has 3 atom stereocenters. The lowest BCUT2D eigenvalue weighted by atomic mass is 9.79. The monoisotopic (exact) mass is 212 g/mol. The van der Waals surface area contributed by atoms with Crippen molar-refractivity contribution >= 4 is 0 Å². The molecule has 15 heavy (non-hydrogen) atoms. The van der Waals surface area contributed by atoms with Crippen molar-refractivity contribution in [3.63, 3.8) is 0 Å². The van der Waals surface area contributed by atoms with Crippen molar-refractivity contribution in [1.82, 2.24) is 0 Å². The maximum atomic E-state index is 2.45. The van der Waals surface area contributed by atoms with Crippen LogP contribution in [0, 0.1) is 23.7 Å². The molecule has 0 amide bonds. The van der Waals surface area contributed by atoms with E-state index in [1.807, 2.05) is 0 Å². The molecular weight excluding hydrogens is 180 g/mol. The highest BCUT2D eigenvalue weighted by Gasteiger charge is 2.18. The summed E-state index contributed by atoms with van der Waals surface area (Å²) in [5.41, 5.74) is 0. The lowest BCUT2D eigenvalue weighted by Crippen LogP contribution is -2.16. The maximum Gasteiger partial charge on any atom is -0.0391 e. The summed E-state index contributed by atoms with van der Waals surface area (Å²) in [6.45, 7) is 14.3. The van der Waals surface area contributed by atoms with Crippen molar-refractivity contribution in [2.24, 2.45) is 23.7 Å². The Balaban J connectivity index is 3.92. The van der Waals surface area contributed by atoms with Crippen molar-refractivity contribution < 1.29 is 0 Å². The van der Waals surface area contributed by atoms with Crippen LogP contribution in [0.15, 0.2) is 0 Å². The molecule has 0 rings (SSSR count). The third-order valence-electron chi connectivity index (χ3n) is 4.13. The molecule has 0 nitrogen and oxygen atoms in total. The fourth-order valence-electron chi connectivity index (χ4n) is 2.43. The van der Waals surface area contributed by atoms with Gasteiger partial charge in [-0.1, -0.05) is 67.2 Å². The van der Waals surface area contributed by atoms with Crippen LogP contribution >= 0.6 is 0 Å². The Hall–Kier alpha value is 0. The predicted molar refractivity (Wildman–Crippen MR) is 71.1 cm³/mol. The van der Waals surface area contributed by atoms with Gasteiger partial charge < -0.3 is 0 Å². The summed E-state index contributed by atoms with van der Waals surface area (Å²) in [6, 6.07) is 0. The summed E-state index contributed by atoms with van der Waals surface area (Å²) >= 11 is 0. The molecule has 0 aromatic carbocycles. The quantitative estimate of drug-likeness (QED) is 0.497. The molecule has 0 fully saturated rings. The Bertz CT molecular complexity index is 137. The van der Waals surface area contributed by atoms with Gasteiger partial charge in [-0.3, -0.25) is 0 Å². The van der Waals surface area contributed by atoms with Crippen molar-refractivity contribution in [3.05, 3.63) is 0 Å². The second kappa shape index (κ2) is 8.19. The van der Waals surface area contributed by atoms with Gasteiger partial charge in [0.15, 0.2) is 0 Å². The standard InChI is InChI=1S/C15H32/c1-7-9-10-13(5)14(6)11-15(8-2)12(3)4/h12-15H,7-11H2,1-6H3. The summed E-state index contributed by atoms with van der Waals surface area (Å²) in [4.78, 5) is 0. The van der Waals surface area contributed by atoms with E-state index >= 15 is 0 Å². The molecule has 0 aromatic heterocycles. The third-order valence-corrected chi connectivity index (χ3v) is 4.13. The van der Waals surface area contributed by atoms with E-state index in [2.05, 4.69) is 41.5 Å². The van der Waals surface area contributed by atoms with E-state index < -0.39 is 0 Å². The van der Waals surface area contributed by atoms with Gasteiger partial charge in [-0.2, -0.15) is 0 Å². The normalized spacial score (nSPS) is 17.8. The summed E-state index contributed by atoms with van der Waals surface area (Å²) in [5, 5.41) is 0. The molecule has 0 spiro atoms. The van der Waals surface area contributed by atoms with Gasteiger partial charge in [0.1, 0.15) is 0 Å². The van der Waals surface area contributed by atoms with E-state index in [1.165, 1.54) is 32.1 Å². The molecule has 0 saturated carbocycles. The van der Waals surface area contributed by atoms with Crippen LogP contribution in [0.3, 0.4) is 0 Å². The second-order valence-corrected chi connectivity index (χ2v) is 5.74. The van der Waals surface area contributed by atoms with E-state index in [-0.39, 0.29) is 0 Å². The zero-order chi connectivity index (χ0) is 11.8. The summed E-state index contributed by atoms with van der Waals surface area (Å²) in [5.74, 6) is 3.61. The highest BCUT2D eigenvalue weighted by atomic mass is 14.2. The molecule has 0 heteroatoms. The summed E-state index contributed by atoms with van der Waals surface area (Å²) in [7, 11) is 0. The zero-order valence-corrected chi connectivity index (χ0v) is 11.8. The Kier molecular flexibility index (Phi) is 8.19. The molecule has 3 unspecified atom stereocenters. The first-order valence-electron chi connectivity index (χ1n) is 7.02. The lowest BCUT2D eigenvalue weighted by molar-refractivity contribution is 0.241. The van der Waals surface area contributed by atoms with Crippen LogP contribution in [0.25, 0.3) is 0 Å². The second-order valence-electron chi connectivity index (χ2n) is 5.74. The molecule has 0 heterocycles. The average Bonchev–Trinajstić information content (AvgIpc) is 2.21. The molecule has 92 valence electrons. The molecular formula is C15H32. The van der Waals surface area contributed by atoms with Gasteiger partial charge in [-0.05, 0) is 30.1 Å². The molecule has 0 saturated heterocycles. The van der Waals surface area contributed by atoms with Crippen molar-refractivity contribution in [2.45, 2.75) is 73.6 Å². The van der Waals surface area contributed by atoms with Gasteiger partial charge >= 0.3 is 0 Å². The van der Waals surface area contributed by atoms with Gasteiger partial charge in [0.2, 0.25) is 0 Å². The van der Waals surface area contributed by atoms with Crippen molar-refractivity contribution in [1.29, 1.82) is 0 Å². The molecule has 0 N–H and O–H groups in total. The van der Waals surface area contributed by atoms with Gasteiger partial charge in [0, 0.05) is 0 Å². The van der Waals surface area contributed by atoms with Crippen molar-refractivity contribution in [3.8, 4) is 0 Å². The number of hydrogen-bond donors (Lipinski definition) is 0. The number of unbranched alkanes of at least 4 members (excludes halogenated alkanes) is 1. The van der Waals surface area contributed by atoms with Gasteiger partial charge in [-0.25, -0.2) is 0 Å². The topological polar surface area (TPSA) is 0 Å². The minimum absolute atomic E-state index is 0.857. The van der Waals surface area contributed by atoms with Crippen LogP contribution in [0.4, 0.5) is 0 Å². The highest BCUT2D eigenvalue weighted by Crippen LogP contribution is 2.29. The van der Waals surface area contributed by atoms with E-state index in [1.54, 1.807) is 0 Å². The molecule has 0 bridgehead atoms. The molecule has 0 aliphatic rings. The third kappa shape index (κ3) is 6.22. The van der Waals surface area contributed by atoms with Gasteiger partial charge in [0.25, 0.3) is 0 Å². The lowest BCUT2D eigenvalue weighted by Gasteiger charge is -2.27. The fourth-order valence-corrected chi connectivity index (χ4v) is 2.43. The van der Waals surface area contributed by atoms with Crippen LogP contribution in [0.2, 0.25) is 0 Å². The van der Waals surface area contributed by atoms with Crippen LogP contribution in [0.5, 0.6) is 0 Å². The summed E-state index contributed by atoms with van der Waals surface area (Å²) in [6.07, 6.45) is 6.95. The first-order chi connectivity index (χ1) is 7.02. The summed E-state index contributed by atoms with van der Waals surface area (Å²) < 4.78 is 0. The predicted octanol–water partition coefficient (Wildman–Crippen LogP) is 5.52. The molecule has 0 aromatic rings. The van der Waals surface area contributed by atoms with E-state index in [0.717, 1.165) is 23.7 Å². The van der Waals surface area contributed by atoms with Gasteiger partial charge in [0.05, 0.1) is 0 Å². The Morgan fingerprint density at radius 1 is 0.867 bits per heavy atom. The number of hydrogen-bond acceptors (Lipinski definition) is 0. The van der Waals surface area contributed by atoms with E-state index in [0.29, 0.717) is 0 Å². The smallest absolute Gasteiger partial charge is 0.0391 e. The minimum Gasteiger partial charge on any atom is -0.0654 e. The first kappa shape index (κ1) is 15.0. The minimum atomic E-state index is 0.857. The molecule has 0 aliphatic carbocycles. The average molecular weight is 212 g/mol. The maximum absolute atomic E-state index is 2.45. The Morgan fingerprint density at radius 2 is 1.47 bits per heavy atom. The van der Waals surface area contributed by atoms with Crippen LogP contribution in [0.1, 0.15) is 73.6 Å². The highest BCUT2D eigenvalue weighted by molar-refractivity contribution is 4.69. The van der Waals surface area contributed by atoms with Crippen LogP contribution in [-0.4, -0.2) is 0 Å². The van der Waals surface area contributed by atoms with E-state index in [4.69, 9.17) is 0 Å². The first-order valence-corrected chi connectivity index (χ1v) is 7.02. The Morgan fingerprint density at radius 3 is 1.87 bits per heavy atom. The SMILES string of the molecule is CCCCC(C)C(C)CC(CC)C(C)C. The van der Waals surface area contributed by atoms with Crippen LogP contribution < -0.4 is 0 Å². The molecule has 0 aliphatic heterocycles.